The van der Waals surface area contributed by atoms with Crippen LogP contribution in [-0.2, 0) is 13.8 Å². The molecule has 1 amide bonds. The van der Waals surface area contributed by atoms with Crippen LogP contribution in [0.25, 0.3) is 0 Å². The van der Waals surface area contributed by atoms with Crippen LogP contribution in [0.2, 0.25) is 0 Å². The van der Waals surface area contributed by atoms with Gasteiger partial charge in [0.05, 0.1) is 16.6 Å². The van der Waals surface area contributed by atoms with Gasteiger partial charge in [0.25, 0.3) is 15.0 Å². The minimum atomic E-state index is -4.01. The van der Waals surface area contributed by atoms with Gasteiger partial charge >= 0.3 is 0 Å². The van der Waals surface area contributed by atoms with E-state index in [9.17, 15) is 17.6 Å². The molecule has 1 aromatic carbocycles. The van der Waals surface area contributed by atoms with E-state index in [0.29, 0.717) is 6.61 Å². The number of benzene rings is 1. The highest BCUT2D eigenvalue weighted by Crippen LogP contribution is 2.19. The Morgan fingerprint density at radius 3 is 2.81 bits per heavy atom. The second kappa shape index (κ2) is 6.72. The summed E-state index contributed by atoms with van der Waals surface area (Å²) in [5, 5.41) is 2.55. The molecule has 5 nitrogen and oxygen atoms in total. The third-order valence-electron chi connectivity index (χ3n) is 3.23. The zero-order valence-electron chi connectivity index (χ0n) is 11.1. The van der Waals surface area contributed by atoms with Gasteiger partial charge in [-0.05, 0) is 37.5 Å². The van der Waals surface area contributed by atoms with Crippen molar-refractivity contribution in [2.75, 3.05) is 13.2 Å². The molecular weight excluding hydrogens is 321 g/mol. The average Bonchev–Trinajstić information content (AvgIpc) is 2.45. The lowest BCUT2D eigenvalue weighted by Gasteiger charge is -2.22. The smallest absolute Gasteiger partial charge is 0.261 e. The van der Waals surface area contributed by atoms with Gasteiger partial charge in [0, 0.05) is 23.8 Å². The number of hydrogen-bond acceptors (Lipinski definition) is 4. The number of ether oxygens (including phenoxy) is 1. The monoisotopic (exact) mass is 335 g/mol. The first-order valence-corrected chi connectivity index (χ1v) is 8.83. The van der Waals surface area contributed by atoms with Gasteiger partial charge in [-0.3, -0.25) is 4.79 Å². The molecule has 1 unspecified atom stereocenters. The Hall–Kier alpha value is -1.18. The van der Waals surface area contributed by atoms with Crippen molar-refractivity contribution >= 4 is 25.6 Å². The van der Waals surface area contributed by atoms with E-state index in [1.807, 2.05) is 0 Å². The summed E-state index contributed by atoms with van der Waals surface area (Å²) in [6, 6.07) is 2.84. The highest BCUT2D eigenvalue weighted by atomic mass is 35.7. The van der Waals surface area contributed by atoms with Crippen molar-refractivity contribution in [3.8, 4) is 0 Å². The van der Waals surface area contributed by atoms with Crippen molar-refractivity contribution in [1.82, 2.24) is 5.32 Å². The van der Waals surface area contributed by atoms with E-state index in [4.69, 9.17) is 15.4 Å². The van der Waals surface area contributed by atoms with Crippen LogP contribution in [0.3, 0.4) is 0 Å². The Labute approximate surface area is 126 Å². The van der Waals surface area contributed by atoms with E-state index in [0.717, 1.165) is 37.5 Å². The number of rotatable bonds is 4. The first-order valence-electron chi connectivity index (χ1n) is 6.52. The lowest BCUT2D eigenvalue weighted by Crippen LogP contribution is -2.35. The van der Waals surface area contributed by atoms with Gasteiger partial charge in [0.1, 0.15) is 5.82 Å². The van der Waals surface area contributed by atoms with Crippen LogP contribution < -0.4 is 5.32 Å². The van der Waals surface area contributed by atoms with E-state index in [1.165, 1.54) is 0 Å². The van der Waals surface area contributed by atoms with Crippen molar-refractivity contribution < 1.29 is 22.3 Å². The van der Waals surface area contributed by atoms with Crippen LogP contribution in [0.1, 0.15) is 29.6 Å². The maximum atomic E-state index is 13.6. The Morgan fingerprint density at radius 2 is 2.19 bits per heavy atom. The van der Waals surface area contributed by atoms with Crippen LogP contribution >= 0.6 is 10.7 Å². The number of carbonyl (C=O) groups excluding carboxylic acids is 1. The van der Waals surface area contributed by atoms with E-state index in [1.54, 1.807) is 0 Å². The highest BCUT2D eigenvalue weighted by Gasteiger charge is 2.19. The van der Waals surface area contributed by atoms with Crippen molar-refractivity contribution in [2.24, 2.45) is 0 Å². The molecule has 1 saturated heterocycles. The minimum absolute atomic E-state index is 0.0919. The minimum Gasteiger partial charge on any atom is -0.376 e. The molecule has 1 N–H and O–H groups in total. The summed E-state index contributed by atoms with van der Waals surface area (Å²) in [5.41, 5.74) is -0.354. The molecule has 0 spiro atoms. The van der Waals surface area contributed by atoms with Crippen LogP contribution in [0.15, 0.2) is 23.1 Å². The Balaban J connectivity index is 2.07. The van der Waals surface area contributed by atoms with Crippen molar-refractivity contribution in [3.63, 3.8) is 0 Å². The largest absolute Gasteiger partial charge is 0.376 e. The zero-order valence-corrected chi connectivity index (χ0v) is 12.7. The molecule has 1 aliphatic rings. The second-order valence-electron chi connectivity index (χ2n) is 4.78. The highest BCUT2D eigenvalue weighted by molar-refractivity contribution is 8.13. The van der Waals surface area contributed by atoms with Gasteiger partial charge in [0.15, 0.2) is 0 Å². The molecule has 0 aromatic heterocycles. The molecule has 1 aliphatic heterocycles. The first kappa shape index (κ1) is 16.2. The van der Waals surface area contributed by atoms with E-state index < -0.39 is 20.8 Å². The van der Waals surface area contributed by atoms with Gasteiger partial charge < -0.3 is 10.1 Å². The molecule has 8 heteroatoms. The second-order valence-corrected chi connectivity index (χ2v) is 7.34. The predicted octanol–water partition coefficient (Wildman–Crippen LogP) is 2.05. The molecule has 21 heavy (non-hydrogen) atoms. The molecule has 1 fully saturated rings. The number of amides is 1. The zero-order chi connectivity index (χ0) is 15.5. The number of nitrogens with one attached hydrogen (secondary N) is 1. The van der Waals surface area contributed by atoms with E-state index in [-0.39, 0.29) is 23.1 Å². The lowest BCUT2D eigenvalue weighted by atomic mass is 10.1. The van der Waals surface area contributed by atoms with Crippen molar-refractivity contribution in [1.29, 1.82) is 0 Å². The quantitative estimate of drug-likeness (QED) is 0.855. The molecule has 0 bridgehead atoms. The summed E-state index contributed by atoms with van der Waals surface area (Å²) in [6.45, 7) is 0.908. The Kier molecular flexibility index (Phi) is 5.18. The van der Waals surface area contributed by atoms with Crippen molar-refractivity contribution in [3.05, 3.63) is 29.6 Å². The van der Waals surface area contributed by atoms with Crippen LogP contribution in [0.4, 0.5) is 4.39 Å². The third-order valence-corrected chi connectivity index (χ3v) is 4.58. The number of halogens is 2. The summed E-state index contributed by atoms with van der Waals surface area (Å²) in [5.74, 6) is -1.50. The summed E-state index contributed by atoms with van der Waals surface area (Å²) in [6.07, 6.45) is 2.76. The molecule has 0 saturated carbocycles. The van der Waals surface area contributed by atoms with Gasteiger partial charge in [-0.15, -0.1) is 0 Å². The van der Waals surface area contributed by atoms with E-state index in [2.05, 4.69) is 5.32 Å². The molecule has 1 heterocycles. The van der Waals surface area contributed by atoms with Gasteiger partial charge in [0.2, 0.25) is 0 Å². The van der Waals surface area contributed by atoms with Crippen LogP contribution in [0.5, 0.6) is 0 Å². The number of hydrogen-bond donors (Lipinski definition) is 1. The predicted molar refractivity (Wildman–Crippen MR) is 75.4 cm³/mol. The molecule has 0 aliphatic carbocycles. The topological polar surface area (TPSA) is 72.5 Å². The number of carbonyl (C=O) groups is 1. The van der Waals surface area contributed by atoms with Crippen LogP contribution in [0, 0.1) is 5.82 Å². The average molecular weight is 336 g/mol. The lowest BCUT2D eigenvalue weighted by molar-refractivity contribution is 0.0168. The van der Waals surface area contributed by atoms with Gasteiger partial charge in [-0.1, -0.05) is 0 Å². The SMILES string of the molecule is O=C(NCC1CCCCO1)c1cc(S(=O)(=O)Cl)ccc1F. The standard InChI is InChI=1S/C13H15ClFNO4S/c14-21(18,19)10-4-5-12(15)11(7-10)13(17)16-8-9-3-1-2-6-20-9/h4-5,7,9H,1-3,6,8H2,(H,16,17). The maximum Gasteiger partial charge on any atom is 0.261 e. The maximum absolute atomic E-state index is 13.6. The molecule has 116 valence electrons. The molecule has 0 radical (unpaired) electrons. The summed E-state index contributed by atoms with van der Waals surface area (Å²) >= 11 is 0. The Morgan fingerprint density at radius 1 is 1.43 bits per heavy atom. The van der Waals surface area contributed by atoms with Gasteiger partial charge in [-0.2, -0.15) is 0 Å². The van der Waals surface area contributed by atoms with Crippen LogP contribution in [-0.4, -0.2) is 33.6 Å². The fourth-order valence-corrected chi connectivity index (χ4v) is 2.88. The molecule has 1 aromatic rings. The first-order chi connectivity index (χ1) is 9.88. The van der Waals surface area contributed by atoms with E-state index >= 15 is 0 Å². The molecule has 1 atom stereocenters. The fraction of sp³-hybridized carbons (Fsp3) is 0.462. The molecule has 2 rings (SSSR count). The normalized spacial score (nSPS) is 19.2. The van der Waals surface area contributed by atoms with Gasteiger partial charge in [-0.25, -0.2) is 12.8 Å². The third kappa shape index (κ3) is 4.39. The Bertz CT molecular complexity index is 629. The summed E-state index contributed by atoms with van der Waals surface area (Å²) < 4.78 is 41.5. The fourth-order valence-electron chi connectivity index (χ4n) is 2.10. The summed E-state index contributed by atoms with van der Waals surface area (Å²) in [7, 11) is 1.17. The summed E-state index contributed by atoms with van der Waals surface area (Å²) in [4.78, 5) is 11.6. The van der Waals surface area contributed by atoms with Crippen molar-refractivity contribution in [2.45, 2.75) is 30.3 Å². The molecular formula is C13H15ClFNO4S.